The largest absolute Gasteiger partial charge is 0.367 e. The zero-order valence-corrected chi connectivity index (χ0v) is 15.7. The average Bonchev–Trinajstić information content (AvgIpc) is 3.07. The molecule has 7 nitrogen and oxygen atoms in total. The second kappa shape index (κ2) is 7.47. The number of pyridine rings is 1. The van der Waals surface area contributed by atoms with Gasteiger partial charge in [-0.3, -0.25) is 19.4 Å². The minimum atomic E-state index is -0.306. The lowest BCUT2D eigenvalue weighted by atomic mass is 10.1. The van der Waals surface area contributed by atoms with Crippen molar-refractivity contribution in [3.63, 3.8) is 0 Å². The van der Waals surface area contributed by atoms with Gasteiger partial charge in [0.15, 0.2) is 0 Å². The zero-order valence-electron chi connectivity index (χ0n) is 15.0. The minimum Gasteiger partial charge on any atom is -0.367 e. The van der Waals surface area contributed by atoms with E-state index in [9.17, 15) is 9.59 Å². The maximum atomic E-state index is 12.8. The second-order valence-corrected chi connectivity index (χ2v) is 6.68. The zero-order chi connectivity index (χ0) is 18.8. The van der Waals surface area contributed by atoms with Crippen LogP contribution in [-0.4, -0.2) is 55.2 Å². The lowest BCUT2D eigenvalue weighted by molar-refractivity contribution is -0.119. The van der Waals surface area contributed by atoms with E-state index in [1.807, 2.05) is 12.1 Å². The van der Waals surface area contributed by atoms with Crippen LogP contribution in [0.1, 0.15) is 23.7 Å². The van der Waals surface area contributed by atoms with Crippen molar-refractivity contribution in [2.75, 3.05) is 32.1 Å². The lowest BCUT2D eigenvalue weighted by Crippen LogP contribution is -2.36. The Hall–Kier alpha value is -2.38. The first-order valence-corrected chi connectivity index (χ1v) is 8.71. The Balaban J connectivity index is 2.11. The first-order valence-electron chi connectivity index (χ1n) is 8.33. The van der Waals surface area contributed by atoms with E-state index < -0.39 is 0 Å². The van der Waals surface area contributed by atoms with Crippen LogP contribution in [0.4, 0.5) is 5.69 Å². The Morgan fingerprint density at radius 2 is 2.23 bits per heavy atom. The summed E-state index contributed by atoms with van der Waals surface area (Å²) in [5.74, 6) is -0.369. The van der Waals surface area contributed by atoms with Crippen LogP contribution in [0, 0.1) is 0 Å². The number of aromatic nitrogens is 1. The van der Waals surface area contributed by atoms with Crippen molar-refractivity contribution in [3.8, 4) is 0 Å². The summed E-state index contributed by atoms with van der Waals surface area (Å²) >= 11 is 6.40. The molecular formula is C18H21ClN4O3. The van der Waals surface area contributed by atoms with Gasteiger partial charge >= 0.3 is 0 Å². The molecule has 2 amide bonds. The molecule has 1 N–H and O–H groups in total. The van der Waals surface area contributed by atoms with Crippen LogP contribution in [0.2, 0.25) is 5.02 Å². The third-order valence-corrected chi connectivity index (χ3v) is 4.83. The number of amides is 2. The molecule has 1 saturated heterocycles. The smallest absolute Gasteiger partial charge is 0.279 e. The Bertz CT molecular complexity index is 858. The van der Waals surface area contributed by atoms with Gasteiger partial charge in [0.2, 0.25) is 5.91 Å². The number of carbonyl (C=O) groups is 2. The van der Waals surface area contributed by atoms with Crippen molar-refractivity contribution in [1.29, 1.82) is 0 Å². The average molecular weight is 377 g/mol. The van der Waals surface area contributed by atoms with E-state index >= 15 is 0 Å². The van der Waals surface area contributed by atoms with Gasteiger partial charge < -0.3 is 10.2 Å². The number of hydroxylamine groups is 2. The number of fused-ring (bicyclic) bond motifs is 1. The highest BCUT2D eigenvalue weighted by Gasteiger charge is 2.30. The Labute approximate surface area is 156 Å². The van der Waals surface area contributed by atoms with Gasteiger partial charge in [-0.1, -0.05) is 11.6 Å². The van der Waals surface area contributed by atoms with Crippen molar-refractivity contribution >= 4 is 40.0 Å². The quantitative estimate of drug-likeness (QED) is 0.828. The van der Waals surface area contributed by atoms with Crippen LogP contribution >= 0.6 is 11.6 Å². The number of benzene rings is 1. The summed E-state index contributed by atoms with van der Waals surface area (Å²) in [6, 6.07) is 5.38. The summed E-state index contributed by atoms with van der Waals surface area (Å²) in [5, 5.41) is 5.34. The Kier molecular flexibility index (Phi) is 5.29. The van der Waals surface area contributed by atoms with Crippen LogP contribution in [0.3, 0.4) is 0 Å². The highest BCUT2D eigenvalue weighted by Crippen LogP contribution is 2.36. The van der Waals surface area contributed by atoms with Crippen molar-refractivity contribution in [2.45, 2.75) is 19.4 Å². The highest BCUT2D eigenvalue weighted by atomic mass is 35.5. The molecule has 2 heterocycles. The highest BCUT2D eigenvalue weighted by molar-refractivity contribution is 6.36. The van der Waals surface area contributed by atoms with Gasteiger partial charge in [0.25, 0.3) is 5.91 Å². The van der Waals surface area contributed by atoms with Gasteiger partial charge in [0.1, 0.15) is 0 Å². The Morgan fingerprint density at radius 3 is 2.92 bits per heavy atom. The van der Waals surface area contributed by atoms with E-state index in [0.717, 1.165) is 16.9 Å². The van der Waals surface area contributed by atoms with E-state index in [1.54, 1.807) is 19.3 Å². The molecule has 0 aliphatic carbocycles. The molecule has 1 aromatic heterocycles. The van der Waals surface area contributed by atoms with E-state index in [2.05, 4.69) is 15.2 Å². The van der Waals surface area contributed by atoms with E-state index in [1.165, 1.54) is 14.0 Å². The van der Waals surface area contributed by atoms with Gasteiger partial charge in [-0.2, -0.15) is 0 Å². The van der Waals surface area contributed by atoms with Crippen molar-refractivity contribution in [2.24, 2.45) is 0 Å². The van der Waals surface area contributed by atoms with Gasteiger partial charge in [0.05, 0.1) is 28.9 Å². The summed E-state index contributed by atoms with van der Waals surface area (Å²) in [5.41, 5.74) is 1.80. The molecule has 8 heteroatoms. The molecule has 3 rings (SSSR count). The van der Waals surface area contributed by atoms with Gasteiger partial charge in [-0.05, 0) is 24.6 Å². The molecule has 0 bridgehead atoms. The molecule has 2 aromatic rings. The third-order valence-electron chi connectivity index (χ3n) is 4.52. The number of nitrogens with one attached hydrogen (secondary N) is 1. The Morgan fingerprint density at radius 1 is 1.46 bits per heavy atom. The minimum absolute atomic E-state index is 0.0325. The molecule has 1 fully saturated rings. The van der Waals surface area contributed by atoms with Crippen LogP contribution in [0.5, 0.6) is 0 Å². The number of hydrogen-bond donors (Lipinski definition) is 1. The fourth-order valence-corrected chi connectivity index (χ4v) is 3.55. The predicted molar refractivity (Wildman–Crippen MR) is 100 cm³/mol. The van der Waals surface area contributed by atoms with Crippen molar-refractivity contribution < 1.29 is 14.4 Å². The SMILES string of the molecule is CON(C)C(=O)c1cc(Cl)c2cccnc2c1N1CC[C@H](NC(C)=O)C1. The molecule has 26 heavy (non-hydrogen) atoms. The number of carbonyl (C=O) groups excluding carboxylic acids is 2. The lowest BCUT2D eigenvalue weighted by Gasteiger charge is -2.25. The fraction of sp³-hybridized carbons (Fsp3) is 0.389. The van der Waals surface area contributed by atoms with Crippen LogP contribution in [-0.2, 0) is 9.63 Å². The molecule has 1 atom stereocenters. The third kappa shape index (κ3) is 3.45. The van der Waals surface area contributed by atoms with Gasteiger partial charge in [-0.25, -0.2) is 5.06 Å². The molecule has 0 saturated carbocycles. The van der Waals surface area contributed by atoms with Crippen LogP contribution < -0.4 is 10.2 Å². The van der Waals surface area contributed by atoms with E-state index in [4.69, 9.17) is 16.4 Å². The molecular weight excluding hydrogens is 356 g/mol. The topological polar surface area (TPSA) is 74.8 Å². The maximum Gasteiger partial charge on any atom is 0.279 e. The maximum absolute atomic E-state index is 12.8. The monoisotopic (exact) mass is 376 g/mol. The summed E-state index contributed by atoms with van der Waals surface area (Å²) < 4.78 is 0. The first-order chi connectivity index (χ1) is 12.4. The number of hydrogen-bond acceptors (Lipinski definition) is 5. The van der Waals surface area contributed by atoms with Crippen LogP contribution in [0.25, 0.3) is 10.9 Å². The molecule has 0 spiro atoms. The molecule has 1 aliphatic heterocycles. The molecule has 0 radical (unpaired) electrons. The number of rotatable bonds is 4. The number of anilines is 1. The van der Waals surface area contributed by atoms with Gasteiger partial charge in [-0.15, -0.1) is 0 Å². The molecule has 0 unspecified atom stereocenters. The summed E-state index contributed by atoms with van der Waals surface area (Å²) in [7, 11) is 2.98. The van der Waals surface area contributed by atoms with E-state index in [-0.39, 0.29) is 17.9 Å². The standard InChI is InChI=1S/C18H21ClN4O3/c1-11(24)21-12-6-8-23(10-12)17-14(18(25)22(2)26-3)9-15(19)13-5-4-7-20-16(13)17/h4-5,7,9,12H,6,8,10H2,1-3H3,(H,21,24)/t12-/m0/s1. The molecule has 138 valence electrons. The summed E-state index contributed by atoms with van der Waals surface area (Å²) in [6.07, 6.45) is 2.47. The van der Waals surface area contributed by atoms with Gasteiger partial charge in [0, 0.05) is 44.7 Å². The normalized spacial score (nSPS) is 16.8. The molecule has 1 aromatic carbocycles. The molecule has 1 aliphatic rings. The van der Waals surface area contributed by atoms with Crippen molar-refractivity contribution in [3.05, 3.63) is 35.0 Å². The number of halogens is 1. The van der Waals surface area contributed by atoms with Crippen LogP contribution in [0.15, 0.2) is 24.4 Å². The second-order valence-electron chi connectivity index (χ2n) is 6.27. The summed E-state index contributed by atoms with van der Waals surface area (Å²) in [6.45, 7) is 2.81. The summed E-state index contributed by atoms with van der Waals surface area (Å²) in [4.78, 5) is 35.8. The van der Waals surface area contributed by atoms with E-state index in [0.29, 0.717) is 34.9 Å². The first kappa shape index (κ1) is 18.4. The predicted octanol–water partition coefficient (Wildman–Crippen LogP) is 2.24. The number of nitrogens with zero attached hydrogens (tertiary/aromatic N) is 3. The van der Waals surface area contributed by atoms with Crippen molar-refractivity contribution in [1.82, 2.24) is 15.4 Å². The fourth-order valence-electron chi connectivity index (χ4n) is 3.29.